The predicted molar refractivity (Wildman–Crippen MR) is 149 cm³/mol. The number of nitrogens with zero attached hydrogens (tertiary/aromatic N) is 4. The minimum atomic E-state index is -3.00. The van der Waals surface area contributed by atoms with Gasteiger partial charge in [0, 0.05) is 48.1 Å². The Bertz CT molecular complexity index is 1600. The third kappa shape index (κ3) is 5.56. The summed E-state index contributed by atoms with van der Waals surface area (Å²) in [6.07, 6.45) is 2.63. The van der Waals surface area contributed by atoms with Crippen molar-refractivity contribution in [3.63, 3.8) is 0 Å². The fourth-order valence-electron chi connectivity index (χ4n) is 5.08. The van der Waals surface area contributed by atoms with E-state index < -0.39 is 15.7 Å². The van der Waals surface area contributed by atoms with Crippen LogP contribution in [0.4, 0.5) is 5.82 Å². The molecule has 0 fully saturated rings. The standard InChI is InChI=1S/C28H32N6O3S/c1-19-16-23-21(26(29)35)10-6-11-25(23)34(19)28-31-24-18-33(13-7-15-38(2,36)37)14-12-22(24)27(32-28)30-17-20-8-4-3-5-9-20/h3-6,8-11,16H,7,12-15,17-18H2,1-2H3,(H2,29,35)(H,30,31,32). The van der Waals surface area contributed by atoms with Crippen molar-refractivity contribution in [2.24, 2.45) is 5.73 Å². The lowest BCUT2D eigenvalue weighted by atomic mass is 10.0. The molecule has 4 aromatic rings. The Balaban J connectivity index is 1.54. The Morgan fingerprint density at radius 2 is 1.89 bits per heavy atom. The minimum Gasteiger partial charge on any atom is -0.366 e. The summed E-state index contributed by atoms with van der Waals surface area (Å²) in [7, 11) is -3.00. The zero-order valence-corrected chi connectivity index (χ0v) is 22.5. The van der Waals surface area contributed by atoms with Gasteiger partial charge in [0.2, 0.25) is 11.9 Å². The van der Waals surface area contributed by atoms with Gasteiger partial charge in [0.05, 0.1) is 17.0 Å². The summed E-state index contributed by atoms with van der Waals surface area (Å²) in [4.78, 5) is 24.3. The molecule has 2 aromatic carbocycles. The number of rotatable bonds is 9. The van der Waals surface area contributed by atoms with Crippen LogP contribution in [0, 0.1) is 6.92 Å². The predicted octanol–water partition coefficient (Wildman–Crippen LogP) is 3.23. The van der Waals surface area contributed by atoms with Crippen LogP contribution in [0.15, 0.2) is 54.6 Å². The molecule has 10 heteroatoms. The Kier molecular flexibility index (Phi) is 7.18. The van der Waals surface area contributed by atoms with Gasteiger partial charge in [-0.05, 0) is 50.1 Å². The average Bonchev–Trinajstić information content (AvgIpc) is 3.22. The third-order valence-electron chi connectivity index (χ3n) is 6.92. The number of amides is 1. The minimum absolute atomic E-state index is 0.173. The molecule has 0 saturated carbocycles. The van der Waals surface area contributed by atoms with Gasteiger partial charge in [-0.2, -0.15) is 4.98 Å². The van der Waals surface area contributed by atoms with Gasteiger partial charge in [-0.1, -0.05) is 36.4 Å². The number of aryl methyl sites for hydroxylation is 1. The highest BCUT2D eigenvalue weighted by molar-refractivity contribution is 7.90. The molecule has 0 atom stereocenters. The van der Waals surface area contributed by atoms with Gasteiger partial charge in [0.15, 0.2) is 0 Å². The molecule has 0 spiro atoms. The van der Waals surface area contributed by atoms with Gasteiger partial charge in [-0.15, -0.1) is 0 Å². The molecule has 38 heavy (non-hydrogen) atoms. The van der Waals surface area contributed by atoms with E-state index in [-0.39, 0.29) is 5.75 Å². The summed E-state index contributed by atoms with van der Waals surface area (Å²) in [5.41, 5.74) is 10.9. The summed E-state index contributed by atoms with van der Waals surface area (Å²) in [6.45, 7) is 4.69. The van der Waals surface area contributed by atoms with Crippen LogP contribution in [0.25, 0.3) is 16.9 Å². The van der Waals surface area contributed by atoms with Crippen LogP contribution in [-0.4, -0.2) is 58.9 Å². The quantitative estimate of drug-likeness (QED) is 0.339. The summed E-state index contributed by atoms with van der Waals surface area (Å²) < 4.78 is 25.2. The zero-order valence-electron chi connectivity index (χ0n) is 21.6. The molecular weight excluding hydrogens is 500 g/mol. The number of hydrogen-bond acceptors (Lipinski definition) is 7. The SMILES string of the molecule is Cc1cc2c(C(N)=O)cccc2n1-c1nc2c(c(NCc3ccccc3)n1)CCN(CCCS(C)(=O)=O)C2. The number of nitrogens with two attached hydrogens (primary N) is 1. The largest absolute Gasteiger partial charge is 0.366 e. The second-order valence-corrected chi connectivity index (χ2v) is 12.1. The first-order valence-electron chi connectivity index (χ1n) is 12.7. The van der Waals surface area contributed by atoms with E-state index >= 15 is 0 Å². The van der Waals surface area contributed by atoms with Gasteiger partial charge in [0.25, 0.3) is 0 Å². The topological polar surface area (TPSA) is 123 Å². The Hall–Kier alpha value is -3.76. The van der Waals surface area contributed by atoms with E-state index in [1.165, 1.54) is 6.26 Å². The number of anilines is 1. The van der Waals surface area contributed by atoms with Crippen molar-refractivity contribution in [1.29, 1.82) is 0 Å². The number of benzene rings is 2. The number of nitrogens with one attached hydrogen (secondary N) is 1. The molecule has 5 rings (SSSR count). The van der Waals surface area contributed by atoms with Crippen LogP contribution in [-0.2, 0) is 29.3 Å². The molecule has 198 valence electrons. The smallest absolute Gasteiger partial charge is 0.249 e. The molecule has 3 N–H and O–H groups in total. The van der Waals surface area contributed by atoms with Gasteiger partial charge < -0.3 is 11.1 Å². The maximum atomic E-state index is 12.1. The van der Waals surface area contributed by atoms with E-state index in [9.17, 15) is 13.2 Å². The zero-order chi connectivity index (χ0) is 26.9. The normalized spacial score (nSPS) is 13.9. The molecule has 9 nitrogen and oxygen atoms in total. The van der Waals surface area contributed by atoms with E-state index in [1.54, 1.807) is 6.07 Å². The van der Waals surface area contributed by atoms with Crippen molar-refractivity contribution in [1.82, 2.24) is 19.4 Å². The Labute approximate surface area is 222 Å². The number of aromatic nitrogens is 3. The monoisotopic (exact) mass is 532 g/mol. The van der Waals surface area contributed by atoms with Gasteiger partial charge >= 0.3 is 0 Å². The molecule has 1 aliphatic rings. The number of sulfone groups is 1. The van der Waals surface area contributed by atoms with Crippen LogP contribution < -0.4 is 11.1 Å². The molecular formula is C28H32N6O3S. The second-order valence-electron chi connectivity index (χ2n) is 9.87. The maximum absolute atomic E-state index is 12.1. The number of fused-ring (bicyclic) bond motifs is 2. The van der Waals surface area contributed by atoms with Crippen LogP contribution >= 0.6 is 0 Å². The fourth-order valence-corrected chi connectivity index (χ4v) is 5.74. The van der Waals surface area contributed by atoms with E-state index in [2.05, 4.69) is 22.3 Å². The number of carbonyl (C=O) groups excluding carboxylic acids is 1. The van der Waals surface area contributed by atoms with Crippen LogP contribution in [0.5, 0.6) is 0 Å². The highest BCUT2D eigenvalue weighted by Gasteiger charge is 2.24. The Morgan fingerprint density at radius 3 is 2.63 bits per heavy atom. The Morgan fingerprint density at radius 1 is 1.11 bits per heavy atom. The fraction of sp³-hybridized carbons (Fsp3) is 0.321. The molecule has 0 aliphatic carbocycles. The van der Waals surface area contributed by atoms with E-state index in [0.29, 0.717) is 37.6 Å². The first-order valence-corrected chi connectivity index (χ1v) is 14.7. The molecule has 0 unspecified atom stereocenters. The van der Waals surface area contributed by atoms with Crippen LogP contribution in [0.3, 0.4) is 0 Å². The number of carbonyl (C=O) groups is 1. The molecule has 0 radical (unpaired) electrons. The number of primary amides is 1. The van der Waals surface area contributed by atoms with Crippen molar-refractivity contribution >= 4 is 32.5 Å². The van der Waals surface area contributed by atoms with Gasteiger partial charge in [0.1, 0.15) is 15.7 Å². The lowest BCUT2D eigenvalue weighted by Gasteiger charge is -2.29. The lowest BCUT2D eigenvalue weighted by Crippen LogP contribution is -2.34. The van der Waals surface area contributed by atoms with Crippen molar-refractivity contribution in [3.8, 4) is 5.95 Å². The molecule has 1 amide bonds. The van der Waals surface area contributed by atoms with E-state index in [4.69, 9.17) is 15.7 Å². The first-order chi connectivity index (χ1) is 18.2. The van der Waals surface area contributed by atoms with Crippen molar-refractivity contribution in [2.75, 3.05) is 30.4 Å². The summed E-state index contributed by atoms with van der Waals surface area (Å²) in [5.74, 6) is 1.00. The van der Waals surface area contributed by atoms with Gasteiger partial charge in [-0.3, -0.25) is 14.3 Å². The molecule has 1 aliphatic heterocycles. The average molecular weight is 533 g/mol. The lowest BCUT2D eigenvalue weighted by molar-refractivity contribution is 0.100. The van der Waals surface area contributed by atoms with Crippen molar-refractivity contribution in [3.05, 3.63) is 82.7 Å². The van der Waals surface area contributed by atoms with E-state index in [0.717, 1.165) is 52.2 Å². The highest BCUT2D eigenvalue weighted by atomic mass is 32.2. The molecule has 0 bridgehead atoms. The van der Waals surface area contributed by atoms with Crippen molar-refractivity contribution < 1.29 is 13.2 Å². The third-order valence-corrected chi connectivity index (χ3v) is 7.95. The van der Waals surface area contributed by atoms with Crippen molar-refractivity contribution in [2.45, 2.75) is 32.9 Å². The molecule has 3 heterocycles. The molecule has 2 aromatic heterocycles. The number of hydrogen-bond donors (Lipinski definition) is 2. The summed E-state index contributed by atoms with van der Waals surface area (Å²) in [6, 6.07) is 17.6. The maximum Gasteiger partial charge on any atom is 0.249 e. The summed E-state index contributed by atoms with van der Waals surface area (Å²) >= 11 is 0. The molecule has 0 saturated heterocycles. The highest BCUT2D eigenvalue weighted by Crippen LogP contribution is 2.29. The van der Waals surface area contributed by atoms with Gasteiger partial charge in [-0.25, -0.2) is 13.4 Å². The van der Waals surface area contributed by atoms with E-state index in [1.807, 2.05) is 47.9 Å². The van der Waals surface area contributed by atoms with Crippen LogP contribution in [0.1, 0.15) is 39.3 Å². The summed E-state index contributed by atoms with van der Waals surface area (Å²) in [5, 5.41) is 4.29. The first kappa shape index (κ1) is 25.9. The van der Waals surface area contributed by atoms with Crippen LogP contribution in [0.2, 0.25) is 0 Å². The second kappa shape index (κ2) is 10.5.